The molecule has 0 aliphatic heterocycles. The number of allylic oxidation sites excluding steroid dienone is 2. The highest BCUT2D eigenvalue weighted by atomic mass is 14.8. The molecule has 1 aromatic heterocycles. The summed E-state index contributed by atoms with van der Waals surface area (Å²) >= 11 is 0. The molecule has 0 saturated heterocycles. The van der Waals surface area contributed by atoms with E-state index in [1.165, 1.54) is 23.3 Å². The number of aromatic nitrogens is 2. The molecule has 96 valence electrons. The molecule has 1 aromatic rings. The fourth-order valence-corrected chi connectivity index (χ4v) is 4.01. The molecular weight excluding hydrogens is 220 g/mol. The predicted molar refractivity (Wildman–Crippen MR) is 74.0 cm³/mol. The van der Waals surface area contributed by atoms with Crippen LogP contribution in [0.15, 0.2) is 18.1 Å². The van der Waals surface area contributed by atoms with Crippen LogP contribution in [0, 0.1) is 16.7 Å². The second-order valence-electron chi connectivity index (χ2n) is 6.92. The van der Waals surface area contributed by atoms with Crippen molar-refractivity contribution in [3.05, 3.63) is 29.4 Å². The standard InChI is InChI=1S/C16H22N2/c1-10-15(2,3)12-7-6-11-8-17-9-18-14(11)13(12)16(10,4)5/h8-10H,6-7H2,1-5H3/t10-/m0/s1. The van der Waals surface area contributed by atoms with Gasteiger partial charge in [0.05, 0.1) is 5.69 Å². The molecule has 0 unspecified atom stereocenters. The zero-order valence-corrected chi connectivity index (χ0v) is 12.0. The summed E-state index contributed by atoms with van der Waals surface area (Å²) in [7, 11) is 0. The molecule has 0 aromatic carbocycles. The van der Waals surface area contributed by atoms with Gasteiger partial charge in [0, 0.05) is 6.20 Å². The van der Waals surface area contributed by atoms with E-state index < -0.39 is 0 Å². The highest BCUT2D eigenvalue weighted by molar-refractivity contribution is 5.78. The van der Waals surface area contributed by atoms with E-state index in [9.17, 15) is 0 Å². The highest BCUT2D eigenvalue weighted by Gasteiger charge is 2.51. The summed E-state index contributed by atoms with van der Waals surface area (Å²) in [5.41, 5.74) is 6.18. The van der Waals surface area contributed by atoms with Crippen molar-refractivity contribution in [3.63, 3.8) is 0 Å². The van der Waals surface area contributed by atoms with Crippen LogP contribution in [0.1, 0.15) is 52.3 Å². The van der Waals surface area contributed by atoms with Crippen molar-refractivity contribution in [3.8, 4) is 0 Å². The van der Waals surface area contributed by atoms with Gasteiger partial charge >= 0.3 is 0 Å². The quantitative estimate of drug-likeness (QED) is 0.690. The Balaban J connectivity index is 2.28. The van der Waals surface area contributed by atoms with Gasteiger partial charge in [0.15, 0.2) is 0 Å². The fourth-order valence-electron chi connectivity index (χ4n) is 4.01. The third kappa shape index (κ3) is 1.29. The monoisotopic (exact) mass is 242 g/mol. The molecule has 3 rings (SSSR count). The zero-order valence-electron chi connectivity index (χ0n) is 12.0. The van der Waals surface area contributed by atoms with Gasteiger partial charge in [-0.1, -0.05) is 40.2 Å². The van der Waals surface area contributed by atoms with Crippen molar-refractivity contribution in [1.82, 2.24) is 9.97 Å². The molecule has 18 heavy (non-hydrogen) atoms. The van der Waals surface area contributed by atoms with Gasteiger partial charge in [-0.25, -0.2) is 9.97 Å². The molecule has 2 aliphatic rings. The Labute approximate surface area is 110 Å². The largest absolute Gasteiger partial charge is 0.244 e. The van der Waals surface area contributed by atoms with Crippen LogP contribution in [0.2, 0.25) is 0 Å². The van der Waals surface area contributed by atoms with Crippen molar-refractivity contribution >= 4 is 5.57 Å². The summed E-state index contributed by atoms with van der Waals surface area (Å²) < 4.78 is 0. The molecule has 1 atom stereocenters. The zero-order chi connectivity index (χ0) is 13.1. The lowest BCUT2D eigenvalue weighted by Gasteiger charge is -2.34. The molecule has 0 amide bonds. The van der Waals surface area contributed by atoms with E-state index in [0.717, 1.165) is 6.42 Å². The molecule has 0 radical (unpaired) electrons. The van der Waals surface area contributed by atoms with E-state index in [1.54, 1.807) is 11.9 Å². The van der Waals surface area contributed by atoms with Crippen LogP contribution in [0.5, 0.6) is 0 Å². The maximum atomic E-state index is 4.59. The summed E-state index contributed by atoms with van der Waals surface area (Å²) in [5, 5.41) is 0. The number of nitrogens with zero attached hydrogens (tertiary/aromatic N) is 2. The van der Waals surface area contributed by atoms with E-state index in [-0.39, 0.29) is 5.41 Å². The van der Waals surface area contributed by atoms with Gasteiger partial charge in [0.1, 0.15) is 6.33 Å². The number of rotatable bonds is 0. The summed E-state index contributed by atoms with van der Waals surface area (Å²) in [6, 6.07) is 0. The fraction of sp³-hybridized carbons (Fsp3) is 0.625. The normalized spacial score (nSPS) is 27.9. The summed E-state index contributed by atoms with van der Waals surface area (Å²) in [6.45, 7) is 11.9. The van der Waals surface area contributed by atoms with E-state index in [1.807, 2.05) is 6.20 Å². The van der Waals surface area contributed by atoms with Gasteiger partial charge in [0.2, 0.25) is 0 Å². The number of hydrogen-bond donors (Lipinski definition) is 0. The van der Waals surface area contributed by atoms with Gasteiger partial charge in [-0.05, 0) is 40.7 Å². The minimum absolute atomic E-state index is 0.211. The third-order valence-corrected chi connectivity index (χ3v) is 5.56. The molecule has 0 fully saturated rings. The second-order valence-corrected chi connectivity index (χ2v) is 6.92. The van der Waals surface area contributed by atoms with Crippen LogP contribution in [0.3, 0.4) is 0 Å². The first-order valence-corrected chi connectivity index (χ1v) is 6.90. The first-order valence-electron chi connectivity index (χ1n) is 6.90. The number of aryl methyl sites for hydroxylation is 1. The minimum atomic E-state index is 0.211. The summed E-state index contributed by atoms with van der Waals surface area (Å²) in [6.07, 6.45) is 5.97. The topological polar surface area (TPSA) is 25.8 Å². The van der Waals surface area contributed by atoms with Crippen LogP contribution in [-0.4, -0.2) is 9.97 Å². The molecule has 2 nitrogen and oxygen atoms in total. The minimum Gasteiger partial charge on any atom is -0.244 e. The molecule has 0 N–H and O–H groups in total. The molecule has 0 bridgehead atoms. The Morgan fingerprint density at radius 2 is 1.83 bits per heavy atom. The first kappa shape index (κ1) is 11.9. The Bertz CT molecular complexity index is 538. The van der Waals surface area contributed by atoms with Crippen molar-refractivity contribution < 1.29 is 0 Å². The molecule has 2 aliphatic carbocycles. The predicted octanol–water partition coefficient (Wildman–Crippen LogP) is 3.88. The lowest BCUT2D eigenvalue weighted by Crippen LogP contribution is -2.27. The van der Waals surface area contributed by atoms with Crippen molar-refractivity contribution in [2.45, 2.75) is 47.5 Å². The second kappa shape index (κ2) is 3.43. The van der Waals surface area contributed by atoms with Crippen molar-refractivity contribution in [2.75, 3.05) is 0 Å². The Kier molecular flexibility index (Phi) is 2.27. The first-order chi connectivity index (χ1) is 8.37. The van der Waals surface area contributed by atoms with Crippen LogP contribution in [0.25, 0.3) is 5.57 Å². The molecule has 0 spiro atoms. The van der Waals surface area contributed by atoms with Gasteiger partial charge in [0.25, 0.3) is 0 Å². The third-order valence-electron chi connectivity index (χ3n) is 5.56. The summed E-state index contributed by atoms with van der Waals surface area (Å²) in [4.78, 5) is 8.77. The van der Waals surface area contributed by atoms with Gasteiger partial charge in [-0.15, -0.1) is 0 Å². The van der Waals surface area contributed by atoms with Gasteiger partial charge in [-0.2, -0.15) is 0 Å². The van der Waals surface area contributed by atoms with E-state index in [4.69, 9.17) is 0 Å². The molecular formula is C16H22N2. The Morgan fingerprint density at radius 3 is 2.56 bits per heavy atom. The van der Waals surface area contributed by atoms with Gasteiger partial charge < -0.3 is 0 Å². The van der Waals surface area contributed by atoms with Crippen LogP contribution in [0.4, 0.5) is 0 Å². The molecule has 2 heteroatoms. The smallest absolute Gasteiger partial charge is 0.116 e. The van der Waals surface area contributed by atoms with Gasteiger partial charge in [-0.3, -0.25) is 0 Å². The maximum Gasteiger partial charge on any atom is 0.116 e. The molecule has 1 heterocycles. The van der Waals surface area contributed by atoms with Crippen molar-refractivity contribution in [2.24, 2.45) is 16.7 Å². The van der Waals surface area contributed by atoms with E-state index in [2.05, 4.69) is 44.6 Å². The average molecular weight is 242 g/mol. The van der Waals surface area contributed by atoms with E-state index >= 15 is 0 Å². The maximum absolute atomic E-state index is 4.59. The summed E-state index contributed by atoms with van der Waals surface area (Å²) in [5.74, 6) is 0.649. The van der Waals surface area contributed by atoms with Crippen LogP contribution in [-0.2, 0) is 6.42 Å². The van der Waals surface area contributed by atoms with Crippen molar-refractivity contribution in [1.29, 1.82) is 0 Å². The van der Waals surface area contributed by atoms with Crippen LogP contribution < -0.4 is 0 Å². The lowest BCUT2D eigenvalue weighted by molar-refractivity contribution is 0.198. The molecule has 0 saturated carbocycles. The Morgan fingerprint density at radius 1 is 1.11 bits per heavy atom. The van der Waals surface area contributed by atoms with E-state index in [0.29, 0.717) is 11.3 Å². The average Bonchev–Trinajstić information content (AvgIpc) is 2.48. The SMILES string of the molecule is C[C@H]1C(C)(C)C2=C(c3ncncc3CC2)C1(C)C. The number of hydrogen-bond acceptors (Lipinski definition) is 2. The van der Waals surface area contributed by atoms with Crippen LogP contribution >= 0.6 is 0 Å². The lowest BCUT2D eigenvalue weighted by atomic mass is 9.69. The highest BCUT2D eigenvalue weighted by Crippen LogP contribution is 2.62. The number of fused-ring (bicyclic) bond motifs is 2. The Hall–Kier alpha value is -1.18.